The first-order valence-corrected chi connectivity index (χ1v) is 5.82. The van der Waals surface area contributed by atoms with Crippen LogP contribution < -0.4 is 5.32 Å². The lowest BCUT2D eigenvalue weighted by atomic mass is 10.2. The largest absolute Gasteiger partial charge is 0.345 e. The van der Waals surface area contributed by atoms with Gasteiger partial charge in [0.2, 0.25) is 0 Å². The number of imidazole rings is 1. The topological polar surface area (TPSA) is 59.8 Å². The molecular weight excluding hydrogens is 284 g/mol. The van der Waals surface area contributed by atoms with Crippen molar-refractivity contribution in [1.82, 2.24) is 19.9 Å². The Morgan fingerprint density at radius 3 is 2.94 bits per heavy atom. The molecule has 0 aliphatic carbocycles. The fraction of sp³-hybridized carbons (Fsp3) is 0.182. The predicted octanol–water partition coefficient (Wildman–Crippen LogP) is 1.51. The first-order chi connectivity index (χ1) is 8.16. The molecule has 0 saturated carbocycles. The van der Waals surface area contributed by atoms with Crippen molar-refractivity contribution >= 4 is 21.8 Å². The van der Waals surface area contributed by atoms with E-state index in [1.54, 1.807) is 24.5 Å². The number of amides is 1. The van der Waals surface area contributed by atoms with Crippen LogP contribution in [0.5, 0.6) is 0 Å². The summed E-state index contributed by atoms with van der Waals surface area (Å²) in [6.45, 7) is 0.405. The number of nitrogens with zero attached hydrogens (tertiary/aromatic N) is 3. The maximum absolute atomic E-state index is 11.8. The highest BCUT2D eigenvalue weighted by Gasteiger charge is 2.07. The fourth-order valence-electron chi connectivity index (χ4n) is 1.37. The molecule has 0 atom stereocenters. The van der Waals surface area contributed by atoms with Crippen molar-refractivity contribution in [3.05, 3.63) is 46.7 Å². The number of aryl methyl sites for hydroxylation is 1. The number of halogens is 1. The van der Waals surface area contributed by atoms with Gasteiger partial charge in [0, 0.05) is 31.2 Å². The highest BCUT2D eigenvalue weighted by Crippen LogP contribution is 2.08. The van der Waals surface area contributed by atoms with Gasteiger partial charge >= 0.3 is 0 Å². The summed E-state index contributed by atoms with van der Waals surface area (Å²) in [4.78, 5) is 19.9. The predicted molar refractivity (Wildman–Crippen MR) is 66.3 cm³/mol. The molecule has 0 aliphatic heterocycles. The van der Waals surface area contributed by atoms with Gasteiger partial charge in [-0.3, -0.25) is 4.79 Å². The van der Waals surface area contributed by atoms with Crippen LogP contribution >= 0.6 is 15.9 Å². The van der Waals surface area contributed by atoms with Crippen LogP contribution in [0.4, 0.5) is 0 Å². The van der Waals surface area contributed by atoms with Gasteiger partial charge < -0.3 is 9.88 Å². The lowest BCUT2D eigenvalue weighted by Gasteiger charge is -2.05. The summed E-state index contributed by atoms with van der Waals surface area (Å²) >= 11 is 3.22. The van der Waals surface area contributed by atoms with Gasteiger partial charge in [-0.1, -0.05) is 0 Å². The van der Waals surface area contributed by atoms with E-state index in [0.717, 1.165) is 5.82 Å². The second-order valence-corrected chi connectivity index (χ2v) is 4.32. The second-order valence-electron chi connectivity index (χ2n) is 3.50. The maximum Gasteiger partial charge on any atom is 0.251 e. The monoisotopic (exact) mass is 294 g/mol. The van der Waals surface area contributed by atoms with Crippen molar-refractivity contribution in [2.45, 2.75) is 6.54 Å². The Labute approximate surface area is 107 Å². The molecule has 0 aliphatic rings. The molecule has 6 heteroatoms. The van der Waals surface area contributed by atoms with Crippen LogP contribution in [0.3, 0.4) is 0 Å². The van der Waals surface area contributed by atoms with E-state index >= 15 is 0 Å². The third kappa shape index (κ3) is 2.91. The molecule has 0 bridgehead atoms. The third-order valence-electron chi connectivity index (χ3n) is 2.32. The minimum atomic E-state index is -0.142. The molecule has 2 aromatic heterocycles. The van der Waals surface area contributed by atoms with E-state index in [4.69, 9.17) is 0 Å². The highest BCUT2D eigenvalue weighted by atomic mass is 79.9. The Morgan fingerprint density at radius 1 is 1.47 bits per heavy atom. The Bertz CT molecular complexity index is 538. The molecule has 0 saturated heterocycles. The molecule has 2 aromatic rings. The van der Waals surface area contributed by atoms with Crippen LogP contribution in [-0.2, 0) is 13.6 Å². The summed E-state index contributed by atoms with van der Waals surface area (Å²) < 4.78 is 2.50. The second kappa shape index (κ2) is 5.09. The molecule has 5 nitrogen and oxygen atoms in total. The van der Waals surface area contributed by atoms with Crippen LogP contribution in [0.15, 0.2) is 35.3 Å². The molecule has 0 aromatic carbocycles. The summed E-state index contributed by atoms with van der Waals surface area (Å²) in [6.07, 6.45) is 5.12. The van der Waals surface area contributed by atoms with Gasteiger partial charge in [-0.25, -0.2) is 9.97 Å². The lowest BCUT2D eigenvalue weighted by Crippen LogP contribution is -2.24. The van der Waals surface area contributed by atoms with E-state index in [9.17, 15) is 4.79 Å². The number of carbonyl (C=O) groups is 1. The van der Waals surface area contributed by atoms with Crippen LogP contribution in [0.2, 0.25) is 0 Å². The van der Waals surface area contributed by atoms with E-state index in [-0.39, 0.29) is 5.91 Å². The summed E-state index contributed by atoms with van der Waals surface area (Å²) in [5.74, 6) is 0.669. The molecule has 0 fully saturated rings. The number of hydrogen-bond donors (Lipinski definition) is 1. The molecular formula is C11H11BrN4O. The van der Waals surface area contributed by atoms with Gasteiger partial charge in [-0.2, -0.15) is 0 Å². The number of carbonyl (C=O) groups excluding carboxylic acids is 1. The average Bonchev–Trinajstić information content (AvgIpc) is 2.72. The van der Waals surface area contributed by atoms with Crippen LogP contribution in [0, 0.1) is 0 Å². The van der Waals surface area contributed by atoms with Gasteiger partial charge in [0.25, 0.3) is 5.91 Å². The average molecular weight is 295 g/mol. The maximum atomic E-state index is 11.8. The summed E-state index contributed by atoms with van der Waals surface area (Å²) in [5, 5.41) is 2.80. The molecule has 2 rings (SSSR count). The van der Waals surface area contributed by atoms with Crippen LogP contribution in [0.1, 0.15) is 16.2 Å². The first kappa shape index (κ1) is 11.8. The number of hydrogen-bond acceptors (Lipinski definition) is 3. The zero-order valence-corrected chi connectivity index (χ0v) is 10.8. The molecule has 1 amide bonds. The Balaban J connectivity index is 2.01. The molecule has 0 spiro atoms. The van der Waals surface area contributed by atoms with E-state index < -0.39 is 0 Å². The SMILES string of the molecule is Cn1ccnc1CNC(=O)c1ccnc(Br)c1. The zero-order chi connectivity index (χ0) is 12.3. The van der Waals surface area contributed by atoms with Gasteiger partial charge in [-0.05, 0) is 28.1 Å². The fourth-order valence-corrected chi connectivity index (χ4v) is 1.74. The normalized spacial score (nSPS) is 10.2. The quantitative estimate of drug-likeness (QED) is 0.873. The Hall–Kier alpha value is -1.69. The molecule has 0 unspecified atom stereocenters. The molecule has 88 valence electrons. The van der Waals surface area contributed by atoms with Crippen molar-refractivity contribution in [2.24, 2.45) is 7.05 Å². The summed E-state index contributed by atoms with van der Waals surface area (Å²) in [5.41, 5.74) is 0.570. The van der Waals surface area contributed by atoms with Crippen LogP contribution in [0.25, 0.3) is 0 Å². The molecule has 17 heavy (non-hydrogen) atoms. The number of rotatable bonds is 3. The highest BCUT2D eigenvalue weighted by molar-refractivity contribution is 9.10. The lowest BCUT2D eigenvalue weighted by molar-refractivity contribution is 0.0949. The number of nitrogens with one attached hydrogen (secondary N) is 1. The smallest absolute Gasteiger partial charge is 0.251 e. The van der Waals surface area contributed by atoms with Crippen LogP contribution in [-0.4, -0.2) is 20.4 Å². The summed E-state index contributed by atoms with van der Waals surface area (Å²) in [7, 11) is 1.89. The minimum absolute atomic E-state index is 0.142. The minimum Gasteiger partial charge on any atom is -0.345 e. The van der Waals surface area contributed by atoms with Crippen molar-refractivity contribution in [1.29, 1.82) is 0 Å². The van der Waals surface area contributed by atoms with E-state index in [2.05, 4.69) is 31.2 Å². The standard InChI is InChI=1S/C11H11BrN4O/c1-16-5-4-14-10(16)7-15-11(17)8-2-3-13-9(12)6-8/h2-6H,7H2,1H3,(H,15,17). The molecule has 0 radical (unpaired) electrons. The van der Waals surface area contributed by atoms with E-state index in [0.29, 0.717) is 16.7 Å². The van der Waals surface area contributed by atoms with Crippen molar-refractivity contribution in [2.75, 3.05) is 0 Å². The van der Waals surface area contributed by atoms with Gasteiger partial charge in [0.05, 0.1) is 6.54 Å². The number of aromatic nitrogens is 3. The zero-order valence-electron chi connectivity index (χ0n) is 9.22. The van der Waals surface area contributed by atoms with Crippen molar-refractivity contribution in [3.8, 4) is 0 Å². The Morgan fingerprint density at radius 2 is 2.29 bits per heavy atom. The third-order valence-corrected chi connectivity index (χ3v) is 2.75. The van der Waals surface area contributed by atoms with Crippen molar-refractivity contribution < 1.29 is 4.79 Å². The molecule has 1 N–H and O–H groups in total. The first-order valence-electron chi connectivity index (χ1n) is 5.03. The van der Waals surface area contributed by atoms with E-state index in [1.165, 1.54) is 0 Å². The van der Waals surface area contributed by atoms with E-state index in [1.807, 2.05) is 17.8 Å². The number of pyridine rings is 1. The van der Waals surface area contributed by atoms with Gasteiger partial charge in [-0.15, -0.1) is 0 Å². The summed E-state index contributed by atoms with van der Waals surface area (Å²) in [6, 6.07) is 3.34. The van der Waals surface area contributed by atoms with Gasteiger partial charge in [0.1, 0.15) is 10.4 Å². The Kier molecular flexibility index (Phi) is 3.53. The van der Waals surface area contributed by atoms with Crippen molar-refractivity contribution in [3.63, 3.8) is 0 Å². The van der Waals surface area contributed by atoms with Gasteiger partial charge in [0.15, 0.2) is 0 Å². The molecule has 2 heterocycles.